The number of aromatic nitrogens is 3. The third-order valence-corrected chi connectivity index (χ3v) is 4.38. The average molecular weight is 349 g/mol. The molecule has 1 saturated heterocycles. The lowest BCUT2D eigenvalue weighted by Crippen LogP contribution is -2.47. The Bertz CT molecular complexity index is 748. The molecule has 1 aliphatic rings. The fraction of sp³-hybridized carbons (Fsp3) is 0.471. The molecule has 2 aromatic heterocycles. The van der Waals surface area contributed by atoms with Crippen LogP contribution in [-0.2, 0) is 4.74 Å². The van der Waals surface area contributed by atoms with Crippen molar-refractivity contribution in [3.63, 3.8) is 0 Å². The van der Waals surface area contributed by atoms with Gasteiger partial charge in [0.15, 0.2) is 5.82 Å². The van der Waals surface area contributed by atoms with E-state index in [0.717, 1.165) is 12.0 Å². The molecule has 1 N–H and O–H groups in total. The molecular formula is C17H21ClN4O2. The van der Waals surface area contributed by atoms with Gasteiger partial charge in [0.2, 0.25) is 0 Å². The summed E-state index contributed by atoms with van der Waals surface area (Å²) in [5.74, 6) is 1.54. The largest absolute Gasteiger partial charge is 0.377 e. The molecule has 7 heteroatoms. The van der Waals surface area contributed by atoms with Crippen LogP contribution in [0.15, 0.2) is 29.3 Å². The quantitative estimate of drug-likeness (QED) is 0.919. The lowest BCUT2D eigenvalue weighted by Gasteiger charge is -2.37. The van der Waals surface area contributed by atoms with Gasteiger partial charge < -0.3 is 14.6 Å². The summed E-state index contributed by atoms with van der Waals surface area (Å²) in [6.45, 7) is 6.23. The molecule has 3 heterocycles. The number of ether oxygens (including phenoxy) is 1. The third-order valence-electron chi connectivity index (χ3n) is 4.04. The zero-order valence-electron chi connectivity index (χ0n) is 13.8. The molecule has 0 radical (unpaired) electrons. The average Bonchev–Trinajstić information content (AvgIpc) is 2.58. The van der Waals surface area contributed by atoms with E-state index in [9.17, 15) is 4.79 Å². The standard InChI is InChI=1S/C17H21ClN4O2/c1-11(2)9-13-10-24-8-7-22(13)16-14(18)17(23)21-15(20-16)12-3-5-19-6-4-12/h3-6,11,13H,7-10H2,1-2H3,(H,20,21,23). The lowest BCUT2D eigenvalue weighted by atomic mass is 10.0. The smallest absolute Gasteiger partial charge is 0.272 e. The minimum Gasteiger partial charge on any atom is -0.377 e. The molecule has 6 nitrogen and oxygen atoms in total. The normalized spacial score (nSPS) is 18.2. The molecule has 1 unspecified atom stereocenters. The topological polar surface area (TPSA) is 71.1 Å². The number of rotatable bonds is 4. The van der Waals surface area contributed by atoms with E-state index in [-0.39, 0.29) is 16.6 Å². The molecule has 1 aliphatic heterocycles. The lowest BCUT2D eigenvalue weighted by molar-refractivity contribution is 0.0873. The van der Waals surface area contributed by atoms with Crippen molar-refractivity contribution >= 4 is 17.4 Å². The molecule has 2 aromatic rings. The first-order valence-corrected chi connectivity index (χ1v) is 8.48. The van der Waals surface area contributed by atoms with Crippen molar-refractivity contribution in [2.24, 2.45) is 5.92 Å². The number of H-pyrrole nitrogens is 1. The fourth-order valence-corrected chi connectivity index (χ4v) is 3.15. The minimum atomic E-state index is -0.330. The molecular weight excluding hydrogens is 328 g/mol. The van der Waals surface area contributed by atoms with Gasteiger partial charge in [0.1, 0.15) is 10.8 Å². The molecule has 3 rings (SSSR count). The second-order valence-electron chi connectivity index (χ2n) is 6.34. The number of hydrogen-bond donors (Lipinski definition) is 1. The van der Waals surface area contributed by atoms with Crippen molar-refractivity contribution < 1.29 is 4.74 Å². The second kappa shape index (κ2) is 7.32. The van der Waals surface area contributed by atoms with Crippen LogP contribution in [0.3, 0.4) is 0 Å². The van der Waals surface area contributed by atoms with Gasteiger partial charge >= 0.3 is 0 Å². The monoisotopic (exact) mass is 348 g/mol. The van der Waals surface area contributed by atoms with Crippen LogP contribution in [0.4, 0.5) is 5.82 Å². The number of aromatic amines is 1. The van der Waals surface area contributed by atoms with Crippen molar-refractivity contribution in [3.05, 3.63) is 39.9 Å². The first-order valence-electron chi connectivity index (χ1n) is 8.11. The van der Waals surface area contributed by atoms with Gasteiger partial charge in [-0.3, -0.25) is 9.78 Å². The van der Waals surface area contributed by atoms with E-state index >= 15 is 0 Å². The highest BCUT2D eigenvalue weighted by Gasteiger charge is 2.28. The molecule has 24 heavy (non-hydrogen) atoms. The molecule has 0 spiro atoms. The van der Waals surface area contributed by atoms with E-state index in [1.165, 1.54) is 0 Å². The van der Waals surface area contributed by atoms with Crippen molar-refractivity contribution in [1.29, 1.82) is 0 Å². The van der Waals surface area contributed by atoms with E-state index in [1.807, 2.05) is 0 Å². The van der Waals surface area contributed by atoms with Crippen LogP contribution in [0.1, 0.15) is 20.3 Å². The number of halogens is 1. The summed E-state index contributed by atoms with van der Waals surface area (Å²) in [5, 5.41) is 0.128. The Labute approximate surface area is 145 Å². The van der Waals surface area contributed by atoms with Crippen LogP contribution in [0.5, 0.6) is 0 Å². The van der Waals surface area contributed by atoms with Gasteiger partial charge in [-0.1, -0.05) is 25.4 Å². The second-order valence-corrected chi connectivity index (χ2v) is 6.72. The highest BCUT2D eigenvalue weighted by Crippen LogP contribution is 2.28. The molecule has 1 atom stereocenters. The Hall–Kier alpha value is -1.92. The Morgan fingerprint density at radius 2 is 2.17 bits per heavy atom. The van der Waals surface area contributed by atoms with Gasteiger partial charge in [-0.2, -0.15) is 0 Å². The van der Waals surface area contributed by atoms with Crippen LogP contribution in [0.25, 0.3) is 11.4 Å². The Morgan fingerprint density at radius 1 is 1.42 bits per heavy atom. The van der Waals surface area contributed by atoms with Gasteiger partial charge in [0.05, 0.1) is 19.3 Å². The summed E-state index contributed by atoms with van der Waals surface area (Å²) in [6, 6.07) is 3.78. The van der Waals surface area contributed by atoms with Gasteiger partial charge in [-0.25, -0.2) is 4.98 Å². The van der Waals surface area contributed by atoms with Crippen LogP contribution >= 0.6 is 11.6 Å². The minimum absolute atomic E-state index is 0.128. The molecule has 0 amide bonds. The first kappa shape index (κ1) is 16.9. The maximum Gasteiger partial charge on any atom is 0.272 e. The Balaban J connectivity index is 2.02. The number of hydrogen-bond acceptors (Lipinski definition) is 5. The van der Waals surface area contributed by atoms with E-state index < -0.39 is 0 Å². The zero-order chi connectivity index (χ0) is 17.1. The van der Waals surface area contributed by atoms with Gasteiger partial charge in [-0.15, -0.1) is 0 Å². The molecule has 0 bridgehead atoms. The zero-order valence-corrected chi connectivity index (χ0v) is 14.6. The van der Waals surface area contributed by atoms with Crippen molar-refractivity contribution in [2.75, 3.05) is 24.7 Å². The summed E-state index contributed by atoms with van der Waals surface area (Å²) in [7, 11) is 0. The Kier molecular flexibility index (Phi) is 5.16. The van der Waals surface area contributed by atoms with Crippen LogP contribution < -0.4 is 10.5 Å². The highest BCUT2D eigenvalue weighted by atomic mass is 35.5. The number of morpholine rings is 1. The molecule has 1 fully saturated rings. The van der Waals surface area contributed by atoms with Crippen LogP contribution in [-0.4, -0.2) is 40.8 Å². The summed E-state index contributed by atoms with van der Waals surface area (Å²) in [4.78, 5) is 25.8. The molecule has 0 aromatic carbocycles. The van der Waals surface area contributed by atoms with Crippen molar-refractivity contribution in [2.45, 2.75) is 26.3 Å². The van der Waals surface area contributed by atoms with Crippen LogP contribution in [0.2, 0.25) is 5.02 Å². The highest BCUT2D eigenvalue weighted by molar-refractivity contribution is 6.32. The van der Waals surface area contributed by atoms with Crippen LogP contribution in [0, 0.1) is 5.92 Å². The van der Waals surface area contributed by atoms with Crippen molar-refractivity contribution in [3.8, 4) is 11.4 Å². The predicted molar refractivity (Wildman–Crippen MR) is 94.5 cm³/mol. The van der Waals surface area contributed by atoms with E-state index in [2.05, 4.69) is 33.7 Å². The number of nitrogens with zero attached hydrogens (tertiary/aromatic N) is 3. The summed E-state index contributed by atoms with van der Waals surface area (Å²) in [6.07, 6.45) is 4.29. The summed E-state index contributed by atoms with van der Waals surface area (Å²) in [5.41, 5.74) is 0.469. The first-order chi connectivity index (χ1) is 11.6. The molecule has 0 saturated carbocycles. The number of pyridine rings is 1. The third kappa shape index (κ3) is 3.60. The maximum absolute atomic E-state index is 12.3. The van der Waals surface area contributed by atoms with E-state index in [1.54, 1.807) is 24.5 Å². The van der Waals surface area contributed by atoms with Gasteiger partial charge in [-0.05, 0) is 24.5 Å². The predicted octanol–water partition coefficient (Wildman–Crippen LogP) is 2.74. The summed E-state index contributed by atoms with van der Waals surface area (Å²) >= 11 is 6.29. The maximum atomic E-state index is 12.3. The molecule has 128 valence electrons. The van der Waals surface area contributed by atoms with Gasteiger partial charge in [0, 0.05) is 24.5 Å². The van der Waals surface area contributed by atoms with E-state index in [0.29, 0.717) is 37.3 Å². The number of anilines is 1. The molecule has 0 aliphatic carbocycles. The fourth-order valence-electron chi connectivity index (χ4n) is 2.96. The van der Waals surface area contributed by atoms with E-state index in [4.69, 9.17) is 16.3 Å². The SMILES string of the molecule is CC(C)CC1COCCN1c1nc(-c2ccncc2)[nH]c(=O)c1Cl. The summed E-state index contributed by atoms with van der Waals surface area (Å²) < 4.78 is 5.61. The van der Waals surface area contributed by atoms with Gasteiger partial charge in [0.25, 0.3) is 5.56 Å². The van der Waals surface area contributed by atoms with Crippen molar-refractivity contribution in [1.82, 2.24) is 15.0 Å². The number of nitrogens with one attached hydrogen (secondary N) is 1. The Morgan fingerprint density at radius 3 is 2.88 bits per heavy atom.